The summed E-state index contributed by atoms with van der Waals surface area (Å²) in [5, 5.41) is 36.0. The molecule has 9 amide bonds. The van der Waals surface area contributed by atoms with Crippen molar-refractivity contribution in [2.24, 2.45) is 11.1 Å². The Morgan fingerprint density at radius 3 is 1.99 bits per heavy atom. The molecule has 0 saturated carbocycles. The summed E-state index contributed by atoms with van der Waals surface area (Å²) in [6.07, 6.45) is -0.402. The molecule has 5 atom stereocenters. The number of carboxylic acids is 1. The fraction of sp³-hybridized carbons (Fsp3) is 0.458. The SMILES string of the molecule is CC(=O)N[C@@H](C)C(=O)N[C@@H](C)C(=O)N[C@@H](CC(N)=O)C(=O)N[C@@H](CCN(C(=O)CO)[C@@H](c1cc(-c2cc(F)ccc2F)cn1Cc1ccccc1)C(C)(C)C)C(=O)NCCNC(=O)CNC(=O)CCC(=O)O. The van der Waals surface area contributed by atoms with Gasteiger partial charge >= 0.3 is 5.97 Å². The van der Waals surface area contributed by atoms with E-state index in [0.717, 1.165) is 23.8 Å². The fourth-order valence-corrected chi connectivity index (χ4v) is 7.45. The van der Waals surface area contributed by atoms with E-state index < -0.39 is 139 Å². The zero-order valence-electron chi connectivity index (χ0n) is 40.9. The molecule has 24 heteroatoms. The summed E-state index contributed by atoms with van der Waals surface area (Å²) in [5.41, 5.74) is 5.97. The van der Waals surface area contributed by atoms with Crippen molar-refractivity contribution < 1.29 is 66.9 Å². The number of carboxylic acid groups (broad SMARTS) is 1. The standard InChI is InChI=1S/C48H64F2N10O12/c1-27(55-29(3)62)44(69)56-28(2)45(70)58-36(22-38(51)63)47(72)57-35(46(71)53-18-17-52-40(65)23-54-39(64)14-15-42(67)68)16-19-60(41(66)26-61)43(48(4,5)6)37-20-31(33-21-32(49)12-13-34(33)50)25-59(37)24-30-10-8-7-9-11-30/h7-13,20-21,25,27-28,35-36,43,61H,14-19,22-24,26H2,1-6H3,(H2,51,63)(H,52,65)(H,53,71)(H,54,64)(H,55,62)(H,56,69)(H,57,72)(H,58,70)(H,67,68)/t27-,28-,35-,36-,43-/m0/s1. The molecule has 22 nitrogen and oxygen atoms in total. The van der Waals surface area contributed by atoms with Gasteiger partial charge in [-0.2, -0.15) is 0 Å². The van der Waals surface area contributed by atoms with Gasteiger partial charge in [0, 0.05) is 62.5 Å². The van der Waals surface area contributed by atoms with Crippen LogP contribution in [0.1, 0.15) is 84.5 Å². The summed E-state index contributed by atoms with van der Waals surface area (Å²) >= 11 is 0. The van der Waals surface area contributed by atoms with Crippen molar-refractivity contribution >= 4 is 59.1 Å². The second-order valence-electron chi connectivity index (χ2n) is 18.0. The van der Waals surface area contributed by atoms with E-state index in [-0.39, 0.29) is 43.7 Å². The van der Waals surface area contributed by atoms with E-state index in [9.17, 15) is 57.4 Å². The fourth-order valence-electron chi connectivity index (χ4n) is 7.45. The number of nitrogens with zero attached hydrogens (tertiary/aromatic N) is 2. The molecule has 0 aliphatic rings. The van der Waals surface area contributed by atoms with Crippen LogP contribution in [0, 0.1) is 17.0 Å². The summed E-state index contributed by atoms with van der Waals surface area (Å²) in [5.74, 6) is -10.1. The van der Waals surface area contributed by atoms with Gasteiger partial charge in [0.1, 0.15) is 42.4 Å². The molecule has 3 rings (SSSR count). The van der Waals surface area contributed by atoms with Gasteiger partial charge in [0.2, 0.25) is 53.2 Å². The molecular formula is C48H64F2N10O12. The molecule has 1 aromatic heterocycles. The number of aliphatic carboxylic acids is 1. The molecule has 72 heavy (non-hydrogen) atoms. The van der Waals surface area contributed by atoms with E-state index in [2.05, 4.69) is 37.2 Å². The maximum Gasteiger partial charge on any atom is 0.303 e. The molecule has 1 heterocycles. The first-order chi connectivity index (χ1) is 33.8. The lowest BCUT2D eigenvalue weighted by atomic mass is 9.82. The highest BCUT2D eigenvalue weighted by atomic mass is 19.1. The monoisotopic (exact) mass is 1010 g/mol. The molecule has 0 fully saturated rings. The number of carbonyl (C=O) groups excluding carboxylic acids is 9. The molecule has 3 aromatic rings. The van der Waals surface area contributed by atoms with Crippen LogP contribution >= 0.6 is 0 Å². The molecule has 11 N–H and O–H groups in total. The highest BCUT2D eigenvalue weighted by Gasteiger charge is 2.38. The van der Waals surface area contributed by atoms with E-state index in [0.29, 0.717) is 5.69 Å². The number of aliphatic hydroxyl groups excluding tert-OH is 1. The molecule has 0 saturated heterocycles. The Morgan fingerprint density at radius 1 is 0.750 bits per heavy atom. The molecule has 2 aromatic carbocycles. The van der Waals surface area contributed by atoms with E-state index in [1.165, 1.54) is 25.7 Å². The largest absolute Gasteiger partial charge is 0.481 e. The molecule has 0 radical (unpaired) electrons. The highest BCUT2D eigenvalue weighted by molar-refractivity contribution is 5.97. The molecule has 0 unspecified atom stereocenters. The normalized spacial score (nSPS) is 13.2. The Labute approximate surface area is 414 Å². The van der Waals surface area contributed by atoms with Gasteiger partial charge in [-0.15, -0.1) is 0 Å². The van der Waals surface area contributed by atoms with Crippen LogP contribution in [0.5, 0.6) is 0 Å². The van der Waals surface area contributed by atoms with Crippen LogP contribution in [0.15, 0.2) is 60.8 Å². The Balaban J connectivity index is 2.02. The van der Waals surface area contributed by atoms with Gasteiger partial charge < -0.3 is 62.6 Å². The predicted molar refractivity (Wildman–Crippen MR) is 255 cm³/mol. The number of hydrogen-bond acceptors (Lipinski definition) is 11. The van der Waals surface area contributed by atoms with Crippen LogP contribution in [-0.4, -0.2) is 136 Å². The Hall–Kier alpha value is -7.76. The van der Waals surface area contributed by atoms with Crippen LogP contribution in [0.25, 0.3) is 11.1 Å². The Bertz CT molecular complexity index is 2450. The minimum Gasteiger partial charge on any atom is -0.481 e. The van der Waals surface area contributed by atoms with Crippen molar-refractivity contribution in [2.45, 2.75) is 104 Å². The van der Waals surface area contributed by atoms with Crippen LogP contribution in [-0.2, 0) is 54.5 Å². The summed E-state index contributed by atoms with van der Waals surface area (Å²) in [7, 11) is 0. The second kappa shape index (κ2) is 27.6. The minimum atomic E-state index is -1.73. The average molecular weight is 1010 g/mol. The van der Waals surface area contributed by atoms with Crippen molar-refractivity contribution in [3.05, 3.63) is 83.7 Å². The van der Waals surface area contributed by atoms with Crippen molar-refractivity contribution in [3.63, 3.8) is 0 Å². The number of aliphatic hydroxyl groups is 1. The third kappa shape index (κ3) is 18.9. The lowest BCUT2D eigenvalue weighted by molar-refractivity contribution is -0.140. The summed E-state index contributed by atoms with van der Waals surface area (Å²) in [6.45, 7) is 7.00. The Kier molecular flexibility index (Phi) is 22.4. The van der Waals surface area contributed by atoms with Crippen LogP contribution in [0.4, 0.5) is 8.78 Å². The average Bonchev–Trinajstić information content (AvgIpc) is 3.71. The summed E-state index contributed by atoms with van der Waals surface area (Å²) < 4.78 is 31.6. The molecule has 0 spiro atoms. The van der Waals surface area contributed by atoms with E-state index in [1.54, 1.807) is 37.6 Å². The van der Waals surface area contributed by atoms with Crippen molar-refractivity contribution in [1.29, 1.82) is 0 Å². The number of benzene rings is 2. The second-order valence-corrected chi connectivity index (χ2v) is 18.0. The van der Waals surface area contributed by atoms with E-state index in [4.69, 9.17) is 10.8 Å². The lowest BCUT2D eigenvalue weighted by Crippen LogP contribution is -2.58. The van der Waals surface area contributed by atoms with Gasteiger partial charge in [-0.1, -0.05) is 51.1 Å². The van der Waals surface area contributed by atoms with Gasteiger partial charge in [-0.3, -0.25) is 47.9 Å². The number of hydrogen-bond donors (Lipinski definition) is 10. The number of halogens is 2. The van der Waals surface area contributed by atoms with Gasteiger partial charge in [-0.25, -0.2) is 8.78 Å². The molecule has 0 bridgehead atoms. The minimum absolute atomic E-state index is 0.0687. The highest BCUT2D eigenvalue weighted by Crippen LogP contribution is 2.41. The maximum absolute atomic E-state index is 15.3. The zero-order chi connectivity index (χ0) is 53.9. The lowest BCUT2D eigenvalue weighted by Gasteiger charge is -2.41. The van der Waals surface area contributed by atoms with Crippen LogP contribution < -0.4 is 43.0 Å². The first-order valence-electron chi connectivity index (χ1n) is 22.9. The third-order valence-electron chi connectivity index (χ3n) is 10.9. The zero-order valence-corrected chi connectivity index (χ0v) is 40.9. The Morgan fingerprint density at radius 2 is 1.38 bits per heavy atom. The molecule has 392 valence electrons. The molecule has 0 aliphatic carbocycles. The van der Waals surface area contributed by atoms with E-state index >= 15 is 4.39 Å². The van der Waals surface area contributed by atoms with Gasteiger partial charge in [-0.05, 0) is 55.5 Å². The van der Waals surface area contributed by atoms with Gasteiger partial charge in [0.05, 0.1) is 25.4 Å². The van der Waals surface area contributed by atoms with Crippen molar-refractivity contribution in [1.82, 2.24) is 46.7 Å². The first kappa shape index (κ1) is 58.6. The van der Waals surface area contributed by atoms with Crippen LogP contribution in [0.2, 0.25) is 0 Å². The van der Waals surface area contributed by atoms with E-state index in [1.807, 2.05) is 30.3 Å². The molecular weight excluding hydrogens is 947 g/mol. The number of nitrogens with one attached hydrogen (secondary N) is 7. The summed E-state index contributed by atoms with van der Waals surface area (Å²) in [6, 6.07) is 7.03. The van der Waals surface area contributed by atoms with Gasteiger partial charge in [0.15, 0.2) is 0 Å². The number of carbonyl (C=O) groups is 10. The number of aromatic nitrogens is 1. The number of primary amides is 1. The smallest absolute Gasteiger partial charge is 0.303 e. The van der Waals surface area contributed by atoms with Crippen molar-refractivity contribution in [2.75, 3.05) is 32.8 Å². The van der Waals surface area contributed by atoms with Gasteiger partial charge in [0.25, 0.3) is 0 Å². The first-order valence-corrected chi connectivity index (χ1v) is 22.9. The third-order valence-corrected chi connectivity index (χ3v) is 10.9. The number of amides is 9. The maximum atomic E-state index is 15.3. The predicted octanol–water partition coefficient (Wildman–Crippen LogP) is -0.132. The molecule has 0 aliphatic heterocycles. The number of rotatable bonds is 27. The topological polar surface area (TPSA) is 330 Å². The number of nitrogens with two attached hydrogens (primary N) is 1. The van der Waals surface area contributed by atoms with Crippen LogP contribution in [0.3, 0.4) is 0 Å². The quantitative estimate of drug-likeness (QED) is 0.0447. The van der Waals surface area contributed by atoms with Crippen molar-refractivity contribution in [3.8, 4) is 11.1 Å². The summed E-state index contributed by atoms with van der Waals surface area (Å²) in [4.78, 5) is 128.